The summed E-state index contributed by atoms with van der Waals surface area (Å²) in [6.45, 7) is 6.25. The highest BCUT2D eigenvalue weighted by Crippen LogP contribution is 2.16. The van der Waals surface area contributed by atoms with Crippen molar-refractivity contribution < 1.29 is 4.74 Å². The Morgan fingerprint density at radius 2 is 1.96 bits per heavy atom. The zero-order valence-corrected chi connectivity index (χ0v) is 13.8. The number of pyridine rings is 1. The first-order chi connectivity index (χ1) is 11.2. The van der Waals surface area contributed by atoms with Gasteiger partial charge in [0.15, 0.2) is 5.75 Å². The SMILES string of the molecule is C=CCC/C=C/c1c(C)cc(OC)c(=O)n1Cc1ccccc1. The summed E-state index contributed by atoms with van der Waals surface area (Å²) in [5, 5.41) is 0. The molecule has 1 aromatic heterocycles. The molecule has 120 valence electrons. The summed E-state index contributed by atoms with van der Waals surface area (Å²) in [6, 6.07) is 11.8. The quantitative estimate of drug-likeness (QED) is 0.567. The largest absolute Gasteiger partial charge is 0.491 e. The summed E-state index contributed by atoms with van der Waals surface area (Å²) in [6.07, 6.45) is 7.82. The Morgan fingerprint density at radius 3 is 2.61 bits per heavy atom. The van der Waals surface area contributed by atoms with E-state index >= 15 is 0 Å². The Bertz CT molecular complexity index is 742. The van der Waals surface area contributed by atoms with Crippen molar-refractivity contribution in [2.75, 3.05) is 7.11 Å². The molecule has 3 heteroatoms. The maximum Gasteiger partial charge on any atom is 0.293 e. The normalized spacial score (nSPS) is 10.9. The van der Waals surface area contributed by atoms with Crippen molar-refractivity contribution in [1.82, 2.24) is 4.57 Å². The van der Waals surface area contributed by atoms with Crippen LogP contribution >= 0.6 is 0 Å². The molecule has 0 N–H and O–H groups in total. The Balaban J connectivity index is 2.46. The fraction of sp³-hybridized carbons (Fsp3) is 0.250. The zero-order chi connectivity index (χ0) is 16.7. The van der Waals surface area contributed by atoms with Crippen molar-refractivity contribution >= 4 is 6.08 Å². The molecule has 1 heterocycles. The van der Waals surface area contributed by atoms with E-state index in [2.05, 4.69) is 12.7 Å². The van der Waals surface area contributed by atoms with Crippen molar-refractivity contribution in [3.8, 4) is 5.75 Å². The summed E-state index contributed by atoms with van der Waals surface area (Å²) in [7, 11) is 1.53. The van der Waals surface area contributed by atoms with Gasteiger partial charge < -0.3 is 9.30 Å². The zero-order valence-electron chi connectivity index (χ0n) is 13.8. The highest BCUT2D eigenvalue weighted by atomic mass is 16.5. The number of allylic oxidation sites excluding steroid dienone is 2. The number of hydrogen-bond acceptors (Lipinski definition) is 2. The van der Waals surface area contributed by atoms with Crippen LogP contribution in [0.5, 0.6) is 5.75 Å². The second-order valence-corrected chi connectivity index (χ2v) is 5.43. The highest BCUT2D eigenvalue weighted by Gasteiger charge is 2.11. The number of benzene rings is 1. The van der Waals surface area contributed by atoms with Crippen molar-refractivity contribution in [1.29, 1.82) is 0 Å². The van der Waals surface area contributed by atoms with E-state index in [1.165, 1.54) is 7.11 Å². The number of nitrogens with zero attached hydrogens (tertiary/aromatic N) is 1. The van der Waals surface area contributed by atoms with Gasteiger partial charge in [-0.05, 0) is 43.0 Å². The molecule has 2 rings (SSSR count). The lowest BCUT2D eigenvalue weighted by atomic mass is 10.1. The first-order valence-electron chi connectivity index (χ1n) is 7.77. The van der Waals surface area contributed by atoms with Gasteiger partial charge in [-0.25, -0.2) is 0 Å². The van der Waals surface area contributed by atoms with Crippen LogP contribution in [-0.4, -0.2) is 11.7 Å². The topological polar surface area (TPSA) is 31.2 Å². The summed E-state index contributed by atoms with van der Waals surface area (Å²) in [5.41, 5.74) is 2.92. The monoisotopic (exact) mass is 309 g/mol. The number of unbranched alkanes of at least 4 members (excludes halogenated alkanes) is 1. The van der Waals surface area contributed by atoms with Gasteiger partial charge in [-0.1, -0.05) is 42.5 Å². The fourth-order valence-corrected chi connectivity index (χ4v) is 2.49. The molecule has 0 saturated carbocycles. The van der Waals surface area contributed by atoms with Crippen LogP contribution in [0.15, 0.2) is 59.9 Å². The van der Waals surface area contributed by atoms with Crippen molar-refractivity contribution in [3.05, 3.63) is 82.3 Å². The van der Waals surface area contributed by atoms with Crippen LogP contribution in [0.3, 0.4) is 0 Å². The minimum Gasteiger partial charge on any atom is -0.491 e. The molecule has 0 aliphatic carbocycles. The molecule has 0 atom stereocenters. The van der Waals surface area contributed by atoms with Gasteiger partial charge in [-0.2, -0.15) is 0 Å². The second kappa shape index (κ2) is 8.18. The van der Waals surface area contributed by atoms with E-state index in [1.807, 2.05) is 49.4 Å². The van der Waals surface area contributed by atoms with E-state index in [0.717, 1.165) is 29.7 Å². The maximum absolute atomic E-state index is 12.7. The molecule has 0 bridgehead atoms. The average Bonchev–Trinajstić information content (AvgIpc) is 2.57. The predicted octanol–water partition coefficient (Wildman–Crippen LogP) is 4.19. The van der Waals surface area contributed by atoms with Crippen LogP contribution in [0.25, 0.3) is 6.08 Å². The first-order valence-corrected chi connectivity index (χ1v) is 7.77. The first kappa shape index (κ1) is 16.8. The molecule has 0 saturated heterocycles. The second-order valence-electron chi connectivity index (χ2n) is 5.43. The molecule has 2 aromatic rings. The molecule has 0 fully saturated rings. The van der Waals surface area contributed by atoms with E-state index in [0.29, 0.717) is 12.3 Å². The minimum atomic E-state index is -0.106. The molecule has 0 spiro atoms. The standard InChI is InChI=1S/C20H23NO2/c1-4-5-6-10-13-18-16(2)14-19(23-3)20(22)21(18)15-17-11-8-7-9-12-17/h4,7-14H,1,5-6,15H2,2-3H3/b13-10+. The maximum atomic E-state index is 12.7. The summed E-state index contributed by atoms with van der Waals surface area (Å²) < 4.78 is 7.00. The van der Waals surface area contributed by atoms with Crippen molar-refractivity contribution in [2.45, 2.75) is 26.3 Å². The molecule has 23 heavy (non-hydrogen) atoms. The molecule has 0 amide bonds. The lowest BCUT2D eigenvalue weighted by molar-refractivity contribution is 0.403. The van der Waals surface area contributed by atoms with Gasteiger partial charge in [0.05, 0.1) is 13.7 Å². The van der Waals surface area contributed by atoms with Crippen LogP contribution in [0.2, 0.25) is 0 Å². The molecular weight excluding hydrogens is 286 g/mol. The van der Waals surface area contributed by atoms with Crippen LogP contribution in [0, 0.1) is 6.92 Å². The summed E-state index contributed by atoms with van der Waals surface area (Å²) >= 11 is 0. The van der Waals surface area contributed by atoms with Gasteiger partial charge in [0, 0.05) is 5.69 Å². The molecule has 1 aromatic carbocycles. The number of rotatable bonds is 7. The van der Waals surface area contributed by atoms with Gasteiger partial charge in [-0.15, -0.1) is 6.58 Å². The lowest BCUT2D eigenvalue weighted by Crippen LogP contribution is -2.25. The Kier molecular flexibility index (Phi) is 5.98. The van der Waals surface area contributed by atoms with Crippen LogP contribution in [0.4, 0.5) is 0 Å². The van der Waals surface area contributed by atoms with Gasteiger partial charge >= 0.3 is 0 Å². The van der Waals surface area contributed by atoms with Crippen LogP contribution in [-0.2, 0) is 6.54 Å². The third-order valence-electron chi connectivity index (χ3n) is 3.71. The molecule has 3 nitrogen and oxygen atoms in total. The average molecular weight is 309 g/mol. The van der Waals surface area contributed by atoms with E-state index in [1.54, 1.807) is 10.6 Å². The fourth-order valence-electron chi connectivity index (χ4n) is 2.49. The predicted molar refractivity (Wildman–Crippen MR) is 96.0 cm³/mol. The van der Waals surface area contributed by atoms with E-state index < -0.39 is 0 Å². The molecule has 0 aliphatic heterocycles. The van der Waals surface area contributed by atoms with E-state index in [9.17, 15) is 4.79 Å². The van der Waals surface area contributed by atoms with E-state index in [4.69, 9.17) is 4.74 Å². The number of methoxy groups -OCH3 is 1. The minimum absolute atomic E-state index is 0.106. The third kappa shape index (κ3) is 4.22. The van der Waals surface area contributed by atoms with Crippen molar-refractivity contribution in [2.24, 2.45) is 0 Å². The molecule has 0 aliphatic rings. The Labute approximate surface area is 137 Å². The lowest BCUT2D eigenvalue weighted by Gasteiger charge is -2.15. The Morgan fingerprint density at radius 1 is 1.22 bits per heavy atom. The third-order valence-corrected chi connectivity index (χ3v) is 3.71. The Hall–Kier alpha value is -2.55. The summed E-state index contributed by atoms with van der Waals surface area (Å²) in [5.74, 6) is 0.377. The number of hydrogen-bond donors (Lipinski definition) is 0. The van der Waals surface area contributed by atoms with Gasteiger partial charge in [0.2, 0.25) is 0 Å². The van der Waals surface area contributed by atoms with Gasteiger partial charge in [0.25, 0.3) is 5.56 Å². The van der Waals surface area contributed by atoms with Crippen molar-refractivity contribution in [3.63, 3.8) is 0 Å². The van der Waals surface area contributed by atoms with Gasteiger partial charge in [0.1, 0.15) is 0 Å². The van der Waals surface area contributed by atoms with E-state index in [-0.39, 0.29) is 5.56 Å². The summed E-state index contributed by atoms with van der Waals surface area (Å²) in [4.78, 5) is 12.7. The molecular formula is C20H23NO2. The molecule has 0 radical (unpaired) electrons. The smallest absolute Gasteiger partial charge is 0.293 e. The number of aryl methyl sites for hydroxylation is 1. The van der Waals surface area contributed by atoms with Gasteiger partial charge in [-0.3, -0.25) is 4.79 Å². The number of ether oxygens (including phenoxy) is 1. The highest BCUT2D eigenvalue weighted by molar-refractivity contribution is 5.51. The number of aromatic nitrogens is 1. The molecule has 0 unspecified atom stereocenters. The van der Waals surface area contributed by atoms with Crippen LogP contribution in [0.1, 0.15) is 29.7 Å². The van der Waals surface area contributed by atoms with Crippen LogP contribution < -0.4 is 10.3 Å².